The van der Waals surface area contributed by atoms with Crippen molar-refractivity contribution in [1.29, 1.82) is 5.26 Å². The van der Waals surface area contributed by atoms with Gasteiger partial charge in [0.25, 0.3) is 0 Å². The van der Waals surface area contributed by atoms with Crippen molar-refractivity contribution in [1.82, 2.24) is 8.61 Å². The third-order valence-corrected chi connectivity index (χ3v) is 6.86. The molecule has 148 valence electrons. The third-order valence-electron chi connectivity index (χ3n) is 5.70. The van der Waals surface area contributed by atoms with Crippen molar-refractivity contribution in [2.45, 2.75) is 25.3 Å². The van der Waals surface area contributed by atoms with E-state index < -0.39 is 5.82 Å². The number of benzene rings is 2. The zero-order chi connectivity index (χ0) is 19.8. The summed E-state index contributed by atoms with van der Waals surface area (Å²) in [4.78, 5) is 4.43. The minimum atomic E-state index is -0.485. The van der Waals surface area contributed by atoms with Gasteiger partial charge >= 0.3 is 0 Å². The molecule has 2 saturated heterocycles. The molecule has 7 heteroatoms. The number of hydrogen-bond acceptors (Lipinski definition) is 6. The zero-order valence-electron chi connectivity index (χ0n) is 16.1. The van der Waals surface area contributed by atoms with Gasteiger partial charge in [0, 0.05) is 55.8 Å². The summed E-state index contributed by atoms with van der Waals surface area (Å²) in [5.74, 6) is -0.485. The first-order chi connectivity index (χ1) is 14.2. The van der Waals surface area contributed by atoms with E-state index in [0.29, 0.717) is 6.04 Å². The summed E-state index contributed by atoms with van der Waals surface area (Å²) >= 11 is 1.89. The molecule has 2 aromatic carbocycles. The number of halogens is 1. The quantitative estimate of drug-likeness (QED) is 0.773. The van der Waals surface area contributed by atoms with Crippen molar-refractivity contribution in [3.8, 4) is 17.2 Å². The first kappa shape index (κ1) is 18.6. The number of nitriles is 1. The number of fused-ring (bicyclic) bond motifs is 1. The highest BCUT2D eigenvalue weighted by Gasteiger charge is 2.26. The molecule has 0 radical (unpaired) electrons. The summed E-state index contributed by atoms with van der Waals surface area (Å²) in [7, 11) is 0. The van der Waals surface area contributed by atoms with Crippen LogP contribution < -0.4 is 15.9 Å². The Morgan fingerprint density at radius 3 is 2.72 bits per heavy atom. The molecule has 0 aliphatic carbocycles. The molecular weight excluding hydrogens is 385 g/mol. The van der Waals surface area contributed by atoms with E-state index in [1.165, 1.54) is 32.0 Å². The van der Waals surface area contributed by atoms with Gasteiger partial charge in [0.1, 0.15) is 11.9 Å². The normalized spacial score (nSPS) is 21.0. The van der Waals surface area contributed by atoms with Gasteiger partial charge in [0.2, 0.25) is 0 Å². The summed E-state index contributed by atoms with van der Waals surface area (Å²) in [5.41, 5.74) is 2.89. The van der Waals surface area contributed by atoms with Crippen LogP contribution in [0.25, 0.3) is 17.3 Å². The molecule has 0 aromatic heterocycles. The molecule has 2 fully saturated rings. The average Bonchev–Trinajstić information content (AvgIpc) is 3.36. The molecule has 1 N–H and O–H groups in total. The molecule has 0 amide bonds. The Bertz CT molecular complexity index is 1100. The minimum Gasteiger partial charge on any atom is -0.379 e. The lowest BCUT2D eigenvalue weighted by Crippen LogP contribution is -2.36. The molecular formula is C22H22FN5S. The third kappa shape index (κ3) is 3.76. The number of anilines is 1. The number of hydrogen-bond donors (Lipinski definition) is 1. The predicted octanol–water partition coefficient (Wildman–Crippen LogP) is 2.88. The monoisotopic (exact) mass is 407 g/mol. The number of nitrogens with one attached hydrogen (secondary N) is 1. The Hall–Kier alpha value is -2.40. The highest BCUT2D eigenvalue weighted by molar-refractivity contribution is 7.94. The summed E-state index contributed by atoms with van der Waals surface area (Å²) in [6.45, 7) is 4.45. The molecule has 3 aliphatic heterocycles. The summed E-state index contributed by atoms with van der Waals surface area (Å²) in [6.07, 6.45) is 5.55. The first-order valence-electron chi connectivity index (χ1n) is 10.1. The van der Waals surface area contributed by atoms with E-state index in [1.807, 2.05) is 30.5 Å². The number of nitrogens with zero attached hydrogens (tertiary/aromatic N) is 4. The van der Waals surface area contributed by atoms with Gasteiger partial charge in [-0.3, -0.25) is 4.99 Å². The fraction of sp³-hybridized carbons (Fsp3) is 0.364. The van der Waals surface area contributed by atoms with Crippen LogP contribution in [0.2, 0.25) is 0 Å². The van der Waals surface area contributed by atoms with Crippen molar-refractivity contribution in [3.63, 3.8) is 0 Å². The molecule has 2 aromatic rings. The van der Waals surface area contributed by atoms with Crippen LogP contribution in [0.15, 0.2) is 35.3 Å². The van der Waals surface area contributed by atoms with Crippen LogP contribution in [0.3, 0.4) is 0 Å². The van der Waals surface area contributed by atoms with Crippen molar-refractivity contribution < 1.29 is 4.39 Å². The van der Waals surface area contributed by atoms with Crippen molar-refractivity contribution in [2.75, 3.05) is 31.5 Å². The van der Waals surface area contributed by atoms with Crippen LogP contribution in [0.1, 0.15) is 24.8 Å². The van der Waals surface area contributed by atoms with E-state index in [9.17, 15) is 4.39 Å². The summed E-state index contributed by atoms with van der Waals surface area (Å²) in [6, 6.07) is 11.1. The Balaban J connectivity index is 1.35. The first-order valence-corrected chi connectivity index (χ1v) is 10.8. The van der Waals surface area contributed by atoms with Gasteiger partial charge < -0.3 is 5.32 Å². The Morgan fingerprint density at radius 2 is 1.97 bits per heavy atom. The highest BCUT2D eigenvalue weighted by Crippen LogP contribution is 2.28. The summed E-state index contributed by atoms with van der Waals surface area (Å²) < 4.78 is 18.6. The van der Waals surface area contributed by atoms with E-state index in [4.69, 9.17) is 5.26 Å². The van der Waals surface area contributed by atoms with Crippen LogP contribution in [0.5, 0.6) is 0 Å². The predicted molar refractivity (Wildman–Crippen MR) is 114 cm³/mol. The van der Waals surface area contributed by atoms with Crippen molar-refractivity contribution in [2.24, 2.45) is 4.99 Å². The van der Waals surface area contributed by atoms with E-state index in [1.54, 1.807) is 12.1 Å². The molecule has 1 atom stereocenters. The van der Waals surface area contributed by atoms with Gasteiger partial charge in [0.05, 0.1) is 16.6 Å². The molecule has 5 nitrogen and oxygen atoms in total. The second kappa shape index (κ2) is 7.79. The molecule has 5 rings (SSSR count). The van der Waals surface area contributed by atoms with E-state index in [-0.39, 0.29) is 5.56 Å². The van der Waals surface area contributed by atoms with Gasteiger partial charge in [-0.2, -0.15) is 5.26 Å². The van der Waals surface area contributed by atoms with Crippen molar-refractivity contribution in [3.05, 3.63) is 52.3 Å². The molecule has 1 unspecified atom stereocenters. The molecule has 29 heavy (non-hydrogen) atoms. The molecule has 0 bridgehead atoms. The largest absolute Gasteiger partial charge is 0.379 e. The van der Waals surface area contributed by atoms with Gasteiger partial charge in [-0.05, 0) is 54.7 Å². The number of rotatable bonds is 5. The van der Waals surface area contributed by atoms with Crippen LogP contribution in [-0.2, 0) is 0 Å². The maximum Gasteiger partial charge on any atom is 0.140 e. The Labute approximate surface area is 173 Å². The molecule has 0 spiro atoms. The average molecular weight is 408 g/mol. The topological polar surface area (TPSA) is 54.7 Å². The minimum absolute atomic E-state index is 0.0683. The van der Waals surface area contributed by atoms with E-state index in [0.717, 1.165) is 46.9 Å². The van der Waals surface area contributed by atoms with E-state index >= 15 is 0 Å². The van der Waals surface area contributed by atoms with E-state index in [2.05, 4.69) is 25.0 Å². The maximum absolute atomic E-state index is 13.7. The second-order valence-electron chi connectivity index (χ2n) is 7.76. The zero-order valence-corrected chi connectivity index (χ0v) is 16.9. The lowest BCUT2D eigenvalue weighted by Gasteiger charge is -2.22. The maximum atomic E-state index is 13.7. The fourth-order valence-electron chi connectivity index (χ4n) is 4.11. The fourth-order valence-corrected chi connectivity index (χ4v) is 5.29. The SMILES string of the molecule is N#Cc1cc(-c2cc(NC3CCN(SN4CCCC4)C3)c3c(c2)=CN=3)ccc1F. The van der Waals surface area contributed by atoms with Crippen LogP contribution in [0, 0.1) is 17.1 Å². The highest BCUT2D eigenvalue weighted by atomic mass is 32.2. The standard InChI is InChI=1S/C22H22FN5S/c23-20-4-3-15(9-17(20)12-24)16-10-18-13-25-22(18)21(11-16)26-19-5-8-28(14-19)29-27-6-1-2-7-27/h3-4,9-11,13,19,26H,1-2,5-8,14H2. The van der Waals surface area contributed by atoms with Crippen LogP contribution >= 0.6 is 12.1 Å². The molecule has 3 aliphatic rings. The van der Waals surface area contributed by atoms with Gasteiger partial charge in [-0.15, -0.1) is 0 Å². The summed E-state index contributed by atoms with van der Waals surface area (Å²) in [5, 5.41) is 14.9. The smallest absolute Gasteiger partial charge is 0.140 e. The van der Waals surface area contributed by atoms with Gasteiger partial charge in [-0.25, -0.2) is 13.0 Å². The van der Waals surface area contributed by atoms with Gasteiger partial charge in [0.15, 0.2) is 0 Å². The lowest BCUT2D eigenvalue weighted by molar-refractivity contribution is 0.507. The molecule has 0 saturated carbocycles. The lowest BCUT2D eigenvalue weighted by atomic mass is 10.00. The van der Waals surface area contributed by atoms with Crippen LogP contribution in [0.4, 0.5) is 10.1 Å². The van der Waals surface area contributed by atoms with Crippen LogP contribution in [-0.4, -0.2) is 40.8 Å². The molecule has 3 heterocycles. The Morgan fingerprint density at radius 1 is 1.10 bits per heavy atom. The second-order valence-corrected chi connectivity index (χ2v) is 8.96. The Kier molecular flexibility index (Phi) is 5.00. The van der Waals surface area contributed by atoms with Crippen molar-refractivity contribution >= 4 is 24.0 Å². The van der Waals surface area contributed by atoms with Gasteiger partial charge in [-0.1, -0.05) is 6.07 Å².